The largest absolute Gasteiger partial charge is 0.316 e. The van der Waals surface area contributed by atoms with Crippen LogP contribution in [0.15, 0.2) is 0 Å². The molecular formula is C7H13N. The van der Waals surface area contributed by atoms with Crippen molar-refractivity contribution in [1.82, 2.24) is 5.32 Å². The highest BCUT2D eigenvalue weighted by molar-refractivity contribution is 5.10. The molecule has 2 atom stereocenters. The van der Waals surface area contributed by atoms with Gasteiger partial charge in [-0.05, 0) is 30.3 Å². The summed E-state index contributed by atoms with van der Waals surface area (Å²) in [5.41, 5.74) is 0.700. The molecule has 2 aliphatic rings. The van der Waals surface area contributed by atoms with E-state index in [-0.39, 0.29) is 0 Å². The van der Waals surface area contributed by atoms with Gasteiger partial charge < -0.3 is 5.32 Å². The van der Waals surface area contributed by atoms with Crippen molar-refractivity contribution in [1.29, 1.82) is 0 Å². The second kappa shape index (κ2) is 1.10. The van der Waals surface area contributed by atoms with E-state index in [1.54, 1.807) is 0 Å². The molecule has 1 heterocycles. The van der Waals surface area contributed by atoms with Gasteiger partial charge in [0, 0.05) is 0 Å². The van der Waals surface area contributed by atoms with Crippen molar-refractivity contribution < 1.29 is 0 Å². The van der Waals surface area contributed by atoms with E-state index in [0.29, 0.717) is 5.41 Å². The van der Waals surface area contributed by atoms with Crippen molar-refractivity contribution in [2.24, 2.45) is 17.3 Å². The molecule has 0 aromatic rings. The Morgan fingerprint density at radius 3 is 2.00 bits per heavy atom. The van der Waals surface area contributed by atoms with Crippen LogP contribution in [0.3, 0.4) is 0 Å². The summed E-state index contributed by atoms with van der Waals surface area (Å²) in [6.45, 7) is 7.31. The van der Waals surface area contributed by atoms with E-state index < -0.39 is 0 Å². The van der Waals surface area contributed by atoms with Gasteiger partial charge in [-0.25, -0.2) is 0 Å². The highest BCUT2D eigenvalue weighted by atomic mass is 15.0. The van der Waals surface area contributed by atoms with E-state index >= 15 is 0 Å². The first kappa shape index (κ1) is 4.80. The van der Waals surface area contributed by atoms with Crippen LogP contribution in [0, 0.1) is 17.3 Å². The lowest BCUT2D eigenvalue weighted by molar-refractivity contribution is 0.475. The molecule has 2 fully saturated rings. The van der Waals surface area contributed by atoms with Gasteiger partial charge in [0.05, 0.1) is 0 Å². The molecule has 0 bridgehead atoms. The Morgan fingerprint density at radius 2 is 1.75 bits per heavy atom. The quantitative estimate of drug-likeness (QED) is 0.489. The molecule has 0 aromatic heterocycles. The predicted molar refractivity (Wildman–Crippen MR) is 33.6 cm³/mol. The Labute approximate surface area is 50.5 Å². The van der Waals surface area contributed by atoms with Crippen LogP contribution >= 0.6 is 0 Å². The van der Waals surface area contributed by atoms with E-state index in [1.807, 2.05) is 0 Å². The maximum Gasteiger partial charge on any atom is -0.00118 e. The average molecular weight is 111 g/mol. The molecule has 0 spiro atoms. The summed E-state index contributed by atoms with van der Waals surface area (Å²) in [6.07, 6.45) is 0. The van der Waals surface area contributed by atoms with Crippen LogP contribution in [0.2, 0.25) is 0 Å². The maximum absolute atomic E-state index is 3.38. The molecule has 1 N–H and O–H groups in total. The lowest BCUT2D eigenvalue weighted by Crippen LogP contribution is -2.17. The molecular weight excluding hydrogens is 98.1 g/mol. The van der Waals surface area contributed by atoms with Crippen LogP contribution in [0.25, 0.3) is 0 Å². The lowest BCUT2D eigenvalue weighted by atomic mass is 10.1. The summed E-state index contributed by atoms with van der Waals surface area (Å²) >= 11 is 0. The van der Waals surface area contributed by atoms with Crippen molar-refractivity contribution in [2.75, 3.05) is 13.1 Å². The molecule has 1 aliphatic carbocycles. The van der Waals surface area contributed by atoms with Gasteiger partial charge in [-0.3, -0.25) is 0 Å². The van der Waals surface area contributed by atoms with Gasteiger partial charge in [0.2, 0.25) is 0 Å². The molecule has 0 amide bonds. The monoisotopic (exact) mass is 111 g/mol. The SMILES string of the molecule is CC1(C)[C@@H]2CNC[C@H]21. The first-order valence-corrected chi connectivity index (χ1v) is 3.43. The van der Waals surface area contributed by atoms with Crippen LogP contribution in [-0.4, -0.2) is 13.1 Å². The molecule has 1 saturated carbocycles. The number of hydrogen-bond donors (Lipinski definition) is 1. The van der Waals surface area contributed by atoms with Crippen molar-refractivity contribution in [3.63, 3.8) is 0 Å². The van der Waals surface area contributed by atoms with Crippen molar-refractivity contribution in [3.8, 4) is 0 Å². The molecule has 46 valence electrons. The second-order valence-corrected chi connectivity index (χ2v) is 3.69. The zero-order valence-corrected chi connectivity index (χ0v) is 5.57. The van der Waals surface area contributed by atoms with E-state index in [0.717, 1.165) is 11.8 Å². The minimum atomic E-state index is 0.700. The normalized spacial score (nSPS) is 48.8. The van der Waals surface area contributed by atoms with Gasteiger partial charge >= 0.3 is 0 Å². The first-order chi connectivity index (χ1) is 3.73. The third kappa shape index (κ3) is 0.368. The Hall–Kier alpha value is -0.0400. The molecule has 1 heteroatoms. The third-order valence-corrected chi connectivity index (χ3v) is 3.02. The molecule has 0 unspecified atom stereocenters. The first-order valence-electron chi connectivity index (χ1n) is 3.43. The number of fused-ring (bicyclic) bond motifs is 1. The Morgan fingerprint density at radius 1 is 1.25 bits per heavy atom. The van der Waals surface area contributed by atoms with Crippen LogP contribution in [0.1, 0.15) is 13.8 Å². The molecule has 0 radical (unpaired) electrons. The standard InChI is InChI=1S/C7H13N/c1-7(2)5-3-8-4-6(5)7/h5-6,8H,3-4H2,1-2H3/t5-,6-/m1/s1. The van der Waals surface area contributed by atoms with Crippen LogP contribution in [0.5, 0.6) is 0 Å². The average Bonchev–Trinajstić information content (AvgIpc) is 2.22. The highest BCUT2D eigenvalue weighted by Gasteiger charge is 2.59. The summed E-state index contributed by atoms with van der Waals surface area (Å²) in [7, 11) is 0. The fourth-order valence-corrected chi connectivity index (χ4v) is 2.06. The summed E-state index contributed by atoms with van der Waals surface area (Å²) in [6, 6.07) is 0. The lowest BCUT2D eigenvalue weighted by Gasteiger charge is -2.06. The van der Waals surface area contributed by atoms with Gasteiger partial charge in [0.25, 0.3) is 0 Å². The third-order valence-electron chi connectivity index (χ3n) is 3.02. The molecule has 8 heavy (non-hydrogen) atoms. The summed E-state index contributed by atoms with van der Waals surface area (Å²) < 4.78 is 0. The smallest absolute Gasteiger partial charge is 0.00118 e. The van der Waals surface area contributed by atoms with Crippen LogP contribution in [-0.2, 0) is 0 Å². The van der Waals surface area contributed by atoms with Gasteiger partial charge in [-0.1, -0.05) is 13.8 Å². The summed E-state index contributed by atoms with van der Waals surface area (Å²) in [5, 5.41) is 3.38. The van der Waals surface area contributed by atoms with Crippen LogP contribution in [0.4, 0.5) is 0 Å². The number of piperidine rings is 1. The van der Waals surface area contributed by atoms with Crippen molar-refractivity contribution in [2.45, 2.75) is 13.8 Å². The Bertz CT molecular complexity index is 106. The fraction of sp³-hybridized carbons (Fsp3) is 1.00. The molecule has 1 nitrogen and oxygen atoms in total. The Balaban J connectivity index is 2.13. The summed E-state index contributed by atoms with van der Waals surface area (Å²) in [5.74, 6) is 2.03. The highest BCUT2D eigenvalue weighted by Crippen LogP contribution is 2.59. The fourth-order valence-electron chi connectivity index (χ4n) is 2.06. The van der Waals surface area contributed by atoms with Gasteiger partial charge in [-0.15, -0.1) is 0 Å². The number of hydrogen-bond acceptors (Lipinski definition) is 1. The van der Waals surface area contributed by atoms with Crippen molar-refractivity contribution in [3.05, 3.63) is 0 Å². The number of rotatable bonds is 0. The Kier molecular flexibility index (Phi) is 0.663. The van der Waals surface area contributed by atoms with Gasteiger partial charge in [0.1, 0.15) is 0 Å². The minimum absolute atomic E-state index is 0.700. The van der Waals surface area contributed by atoms with Gasteiger partial charge in [0.15, 0.2) is 0 Å². The van der Waals surface area contributed by atoms with Crippen LogP contribution < -0.4 is 5.32 Å². The van der Waals surface area contributed by atoms with Gasteiger partial charge in [-0.2, -0.15) is 0 Å². The summed E-state index contributed by atoms with van der Waals surface area (Å²) in [4.78, 5) is 0. The minimum Gasteiger partial charge on any atom is -0.316 e. The molecule has 0 aromatic carbocycles. The van der Waals surface area contributed by atoms with Crippen molar-refractivity contribution >= 4 is 0 Å². The second-order valence-electron chi connectivity index (χ2n) is 3.69. The zero-order chi connectivity index (χ0) is 5.78. The molecule has 1 saturated heterocycles. The topological polar surface area (TPSA) is 12.0 Å². The predicted octanol–water partition coefficient (Wildman–Crippen LogP) is 0.862. The number of nitrogens with one attached hydrogen (secondary N) is 1. The van der Waals surface area contributed by atoms with E-state index in [1.165, 1.54) is 13.1 Å². The molecule has 2 rings (SSSR count). The van der Waals surface area contributed by atoms with E-state index in [9.17, 15) is 0 Å². The molecule has 1 aliphatic heterocycles. The maximum atomic E-state index is 3.38. The zero-order valence-electron chi connectivity index (χ0n) is 5.57. The van der Waals surface area contributed by atoms with E-state index in [2.05, 4.69) is 19.2 Å². The van der Waals surface area contributed by atoms with E-state index in [4.69, 9.17) is 0 Å².